The number of alkyl halides is 2. The Labute approximate surface area is 115 Å². The summed E-state index contributed by atoms with van der Waals surface area (Å²) in [4.78, 5) is 0. The van der Waals surface area contributed by atoms with E-state index in [1.165, 1.54) is 10.9 Å². The minimum absolute atomic E-state index is 0.298. The highest BCUT2D eigenvalue weighted by Gasteiger charge is 2.10. The summed E-state index contributed by atoms with van der Waals surface area (Å²) >= 11 is 0. The van der Waals surface area contributed by atoms with Gasteiger partial charge < -0.3 is 9.47 Å². The highest BCUT2D eigenvalue weighted by atomic mass is 19.3. The highest BCUT2D eigenvalue weighted by Crippen LogP contribution is 2.26. The van der Waals surface area contributed by atoms with Gasteiger partial charge in [0.25, 0.3) is 0 Å². The molecule has 0 atom stereocenters. The van der Waals surface area contributed by atoms with E-state index in [-0.39, 0.29) is 6.42 Å². The van der Waals surface area contributed by atoms with Gasteiger partial charge in [-0.1, -0.05) is 0 Å². The van der Waals surface area contributed by atoms with E-state index in [0.29, 0.717) is 17.1 Å². The van der Waals surface area contributed by atoms with Gasteiger partial charge in [0.1, 0.15) is 18.0 Å². The van der Waals surface area contributed by atoms with Crippen molar-refractivity contribution >= 4 is 0 Å². The van der Waals surface area contributed by atoms with E-state index in [9.17, 15) is 8.78 Å². The van der Waals surface area contributed by atoms with Crippen molar-refractivity contribution in [1.82, 2.24) is 9.78 Å². The number of ether oxygens (including phenoxy) is 2. The number of aromatic nitrogens is 2. The topological polar surface area (TPSA) is 36.3 Å². The average molecular weight is 281 g/mol. The number of hydrogen-bond acceptors (Lipinski definition) is 3. The fourth-order valence-electron chi connectivity index (χ4n) is 1.80. The molecule has 0 fully saturated rings. The fraction of sp³-hybridized carbons (Fsp3) is 0.286. The smallest absolute Gasteiger partial charge is 0.242 e. The number of methoxy groups -OCH3 is 2. The van der Waals surface area contributed by atoms with E-state index in [4.69, 9.17) is 9.47 Å². The summed E-state index contributed by atoms with van der Waals surface area (Å²) in [5, 5.41) is 4.02. The Kier molecular flexibility index (Phi) is 4.55. The van der Waals surface area contributed by atoms with Crippen LogP contribution in [-0.4, -0.2) is 30.4 Å². The highest BCUT2D eigenvalue weighted by molar-refractivity contribution is 5.44. The average Bonchev–Trinajstić information content (AvgIpc) is 2.85. The number of hydrogen-bond donors (Lipinski definition) is 0. The van der Waals surface area contributed by atoms with Crippen LogP contribution in [0.5, 0.6) is 11.5 Å². The molecule has 1 aromatic heterocycles. The van der Waals surface area contributed by atoms with Gasteiger partial charge in [0.2, 0.25) is 6.43 Å². The molecule has 0 unspecified atom stereocenters. The molecule has 0 aliphatic heterocycles. The minimum Gasteiger partial charge on any atom is -0.497 e. The Bertz CT molecular complexity index is 570. The van der Waals surface area contributed by atoms with E-state index in [1.807, 2.05) is 6.07 Å². The molecule has 0 bridgehead atoms. The molecule has 0 saturated heterocycles. The van der Waals surface area contributed by atoms with Crippen LogP contribution in [0.3, 0.4) is 0 Å². The molecule has 1 heterocycles. The van der Waals surface area contributed by atoms with Crippen molar-refractivity contribution < 1.29 is 18.3 Å². The van der Waals surface area contributed by atoms with Gasteiger partial charge in [-0.2, -0.15) is 5.10 Å². The minimum atomic E-state index is -2.37. The molecule has 1 aromatic carbocycles. The molecule has 0 spiro atoms. The zero-order chi connectivity index (χ0) is 14.5. The van der Waals surface area contributed by atoms with Gasteiger partial charge in [-0.3, -0.25) is 4.68 Å². The first kappa shape index (κ1) is 14.3. The van der Waals surface area contributed by atoms with Crippen LogP contribution in [0.2, 0.25) is 0 Å². The van der Waals surface area contributed by atoms with E-state index < -0.39 is 6.43 Å². The molecule has 20 heavy (non-hydrogen) atoms. The Hall–Kier alpha value is -2.11. The van der Waals surface area contributed by atoms with Crippen molar-refractivity contribution in [1.29, 1.82) is 0 Å². The van der Waals surface area contributed by atoms with E-state index in [0.717, 1.165) is 5.56 Å². The summed E-state index contributed by atoms with van der Waals surface area (Å²) < 4.78 is 36.4. The predicted molar refractivity (Wildman–Crippen MR) is 70.3 cm³/mol. The SMILES string of the molecule is COc1ccc([CH]n2cc(CC(F)F)cn2)c(OC)c1. The maximum absolute atomic E-state index is 12.3. The number of halogens is 2. The molecule has 0 aliphatic rings. The third kappa shape index (κ3) is 3.46. The first-order valence-corrected chi connectivity index (χ1v) is 6.00. The van der Waals surface area contributed by atoms with Gasteiger partial charge in [0.15, 0.2) is 0 Å². The van der Waals surface area contributed by atoms with Crippen molar-refractivity contribution in [3.63, 3.8) is 0 Å². The lowest BCUT2D eigenvalue weighted by atomic mass is 10.2. The monoisotopic (exact) mass is 281 g/mol. The maximum Gasteiger partial charge on any atom is 0.242 e. The van der Waals surface area contributed by atoms with Gasteiger partial charge in [-0.15, -0.1) is 0 Å². The predicted octanol–water partition coefficient (Wildman–Crippen LogP) is 2.77. The molecule has 0 saturated carbocycles. The molecule has 1 radical (unpaired) electrons. The summed E-state index contributed by atoms with van der Waals surface area (Å²) in [6.07, 6.45) is 0.324. The summed E-state index contributed by atoms with van der Waals surface area (Å²) in [5.41, 5.74) is 1.27. The summed E-state index contributed by atoms with van der Waals surface area (Å²) in [6.45, 7) is 1.70. The van der Waals surface area contributed by atoms with Crippen LogP contribution < -0.4 is 9.47 Å². The van der Waals surface area contributed by atoms with Crippen molar-refractivity contribution in [2.24, 2.45) is 0 Å². The molecule has 2 rings (SSSR count). The second-order valence-electron chi connectivity index (χ2n) is 4.16. The number of benzene rings is 1. The molecule has 2 aromatic rings. The molecule has 0 aliphatic carbocycles. The van der Waals surface area contributed by atoms with Crippen LogP contribution in [0.1, 0.15) is 11.1 Å². The van der Waals surface area contributed by atoms with Crippen molar-refractivity contribution in [2.45, 2.75) is 12.8 Å². The second kappa shape index (κ2) is 6.36. The Morgan fingerprint density at radius 3 is 2.75 bits per heavy atom. The molecule has 0 N–H and O–H groups in total. The van der Waals surface area contributed by atoms with Gasteiger partial charge in [0.05, 0.1) is 20.4 Å². The van der Waals surface area contributed by atoms with Crippen molar-refractivity contribution in [3.05, 3.63) is 48.3 Å². The summed E-state index contributed by atoms with van der Waals surface area (Å²) in [7, 11) is 3.12. The molecule has 6 heteroatoms. The lowest BCUT2D eigenvalue weighted by Gasteiger charge is -2.09. The van der Waals surface area contributed by atoms with Crippen molar-refractivity contribution in [2.75, 3.05) is 14.2 Å². The number of rotatable bonds is 6. The normalized spacial score (nSPS) is 10.8. The van der Waals surface area contributed by atoms with Gasteiger partial charge >= 0.3 is 0 Å². The molecular formula is C14H15F2N2O2. The zero-order valence-corrected chi connectivity index (χ0v) is 11.2. The van der Waals surface area contributed by atoms with Crippen LogP contribution in [0.4, 0.5) is 8.78 Å². The van der Waals surface area contributed by atoms with Crippen LogP contribution >= 0.6 is 0 Å². The van der Waals surface area contributed by atoms with Crippen LogP contribution in [0.25, 0.3) is 0 Å². The Balaban J connectivity index is 2.15. The van der Waals surface area contributed by atoms with Gasteiger partial charge in [-0.05, 0) is 17.7 Å². The summed E-state index contributed by atoms with van der Waals surface area (Å²) in [6, 6.07) is 5.35. The van der Waals surface area contributed by atoms with E-state index in [2.05, 4.69) is 5.10 Å². The fourth-order valence-corrected chi connectivity index (χ4v) is 1.80. The lowest BCUT2D eigenvalue weighted by molar-refractivity contribution is 0.149. The largest absolute Gasteiger partial charge is 0.497 e. The quantitative estimate of drug-likeness (QED) is 0.817. The van der Waals surface area contributed by atoms with Gasteiger partial charge in [0, 0.05) is 24.2 Å². The molecule has 107 valence electrons. The maximum atomic E-state index is 12.3. The lowest BCUT2D eigenvalue weighted by Crippen LogP contribution is -2.00. The Morgan fingerprint density at radius 1 is 1.30 bits per heavy atom. The van der Waals surface area contributed by atoms with Gasteiger partial charge in [-0.25, -0.2) is 8.78 Å². The third-order valence-electron chi connectivity index (χ3n) is 2.76. The third-order valence-corrected chi connectivity index (χ3v) is 2.76. The standard InChI is InChI=1S/C14H15F2N2O2/c1-19-12-4-3-11(13(6-12)20-2)9-18-8-10(7-17-18)5-14(15)16/h3-4,6-9,14H,5H2,1-2H3. The van der Waals surface area contributed by atoms with Crippen LogP contribution in [0.15, 0.2) is 30.6 Å². The first-order chi connectivity index (χ1) is 9.62. The Morgan fingerprint density at radius 2 is 2.10 bits per heavy atom. The molecule has 0 amide bonds. The van der Waals surface area contributed by atoms with E-state index >= 15 is 0 Å². The first-order valence-electron chi connectivity index (χ1n) is 6.00. The zero-order valence-electron chi connectivity index (χ0n) is 11.2. The van der Waals surface area contributed by atoms with Crippen molar-refractivity contribution in [3.8, 4) is 11.5 Å². The number of nitrogens with zero attached hydrogens (tertiary/aromatic N) is 2. The second-order valence-corrected chi connectivity index (χ2v) is 4.16. The van der Waals surface area contributed by atoms with Crippen LogP contribution in [0, 0.1) is 6.54 Å². The summed E-state index contributed by atoms with van der Waals surface area (Å²) in [5.74, 6) is 1.30. The molecular weight excluding hydrogens is 266 g/mol. The van der Waals surface area contributed by atoms with Crippen LogP contribution in [-0.2, 0) is 6.42 Å². The van der Waals surface area contributed by atoms with E-state index in [1.54, 1.807) is 39.1 Å². The molecule has 4 nitrogen and oxygen atoms in total.